The third-order valence-electron chi connectivity index (χ3n) is 2.58. The molecule has 1 heterocycles. The van der Waals surface area contributed by atoms with E-state index >= 15 is 0 Å². The van der Waals surface area contributed by atoms with Crippen LogP contribution >= 0.6 is 0 Å². The van der Waals surface area contributed by atoms with E-state index in [1.165, 1.54) is 12.4 Å². The van der Waals surface area contributed by atoms with Crippen molar-refractivity contribution < 1.29 is 17.9 Å². The Bertz CT molecular complexity index is 568. The van der Waals surface area contributed by atoms with Gasteiger partial charge in [-0.05, 0) is 39.7 Å². The maximum absolute atomic E-state index is 11.9. The maximum Gasteiger partial charge on any atom is 0.407 e. The number of sulfone groups is 1. The summed E-state index contributed by atoms with van der Waals surface area (Å²) in [5, 5.41) is 2.50. The molecule has 0 aliphatic carbocycles. The molecule has 0 aliphatic rings. The monoisotopic (exact) mass is 329 g/mol. The Morgan fingerprint density at radius 3 is 2.41 bits per heavy atom. The van der Waals surface area contributed by atoms with E-state index in [-0.39, 0.29) is 10.9 Å². The third kappa shape index (κ3) is 7.35. The van der Waals surface area contributed by atoms with E-state index < -0.39 is 21.5 Å². The molecule has 0 saturated heterocycles. The molecule has 1 aromatic heterocycles. The van der Waals surface area contributed by atoms with Gasteiger partial charge in [-0.1, -0.05) is 6.42 Å². The van der Waals surface area contributed by atoms with Gasteiger partial charge in [-0.15, -0.1) is 0 Å². The standard InChI is InChI=1S/C14H23N3O4S/c1-14(2,3)21-13(18)17-8-5-4-6-11-22(19,20)12-15-9-7-10-16-12/h7,9-10H,4-6,8,11H2,1-3H3,(H,17,18). The summed E-state index contributed by atoms with van der Waals surface area (Å²) in [6.45, 7) is 5.84. The normalized spacial score (nSPS) is 12.0. The van der Waals surface area contributed by atoms with E-state index in [2.05, 4.69) is 15.3 Å². The van der Waals surface area contributed by atoms with Crippen LogP contribution in [0, 0.1) is 0 Å². The summed E-state index contributed by atoms with van der Waals surface area (Å²) in [7, 11) is -3.42. The molecule has 0 radical (unpaired) electrons. The van der Waals surface area contributed by atoms with Crippen LogP contribution in [0.4, 0.5) is 4.79 Å². The van der Waals surface area contributed by atoms with Gasteiger partial charge in [0.25, 0.3) is 0 Å². The van der Waals surface area contributed by atoms with Crippen LogP contribution < -0.4 is 5.32 Å². The first-order valence-corrected chi connectivity index (χ1v) is 8.82. The molecule has 0 bridgehead atoms. The highest BCUT2D eigenvalue weighted by atomic mass is 32.2. The van der Waals surface area contributed by atoms with E-state index in [4.69, 9.17) is 4.74 Å². The minimum absolute atomic E-state index is 0.00342. The number of amides is 1. The van der Waals surface area contributed by atoms with Gasteiger partial charge in [0.2, 0.25) is 15.0 Å². The number of nitrogens with one attached hydrogen (secondary N) is 1. The second-order valence-electron chi connectivity index (χ2n) is 5.84. The van der Waals surface area contributed by atoms with Gasteiger partial charge < -0.3 is 10.1 Å². The molecule has 0 aliphatic heterocycles. The second-order valence-corrected chi connectivity index (χ2v) is 7.84. The summed E-state index contributed by atoms with van der Waals surface area (Å²) in [6.07, 6.45) is 4.22. The summed E-state index contributed by atoms with van der Waals surface area (Å²) < 4.78 is 28.9. The average Bonchev–Trinajstić information content (AvgIpc) is 2.41. The van der Waals surface area contributed by atoms with E-state index in [1.807, 2.05) is 0 Å². The van der Waals surface area contributed by atoms with Crippen molar-refractivity contribution in [2.45, 2.75) is 50.8 Å². The van der Waals surface area contributed by atoms with Gasteiger partial charge in [0.15, 0.2) is 0 Å². The lowest BCUT2D eigenvalue weighted by molar-refractivity contribution is 0.0527. The van der Waals surface area contributed by atoms with Crippen LogP contribution in [0.25, 0.3) is 0 Å². The first-order chi connectivity index (χ1) is 10.2. The van der Waals surface area contributed by atoms with E-state index in [1.54, 1.807) is 26.8 Å². The molecule has 1 aromatic rings. The van der Waals surface area contributed by atoms with Crippen LogP contribution in [0.2, 0.25) is 0 Å². The molecule has 0 fully saturated rings. The molecule has 0 saturated carbocycles. The molecule has 1 rings (SSSR count). The molecular weight excluding hydrogens is 306 g/mol. The number of ether oxygens (including phenoxy) is 1. The van der Waals surface area contributed by atoms with Crippen molar-refractivity contribution in [2.24, 2.45) is 0 Å². The van der Waals surface area contributed by atoms with Crippen LogP contribution in [0.1, 0.15) is 40.0 Å². The lowest BCUT2D eigenvalue weighted by Gasteiger charge is -2.19. The molecule has 0 spiro atoms. The highest BCUT2D eigenvalue weighted by Gasteiger charge is 2.17. The first-order valence-electron chi connectivity index (χ1n) is 7.17. The van der Waals surface area contributed by atoms with E-state index in [0.29, 0.717) is 25.8 Å². The maximum atomic E-state index is 11.9. The van der Waals surface area contributed by atoms with Crippen LogP contribution in [-0.4, -0.2) is 42.4 Å². The van der Waals surface area contributed by atoms with Crippen molar-refractivity contribution in [1.29, 1.82) is 0 Å². The highest BCUT2D eigenvalue weighted by Crippen LogP contribution is 2.08. The fraction of sp³-hybridized carbons (Fsp3) is 0.643. The van der Waals surface area contributed by atoms with E-state index in [0.717, 1.165) is 0 Å². The Hall–Kier alpha value is -1.70. The number of nitrogens with zero attached hydrogens (tertiary/aromatic N) is 2. The highest BCUT2D eigenvalue weighted by molar-refractivity contribution is 7.91. The van der Waals surface area contributed by atoms with Gasteiger partial charge in [-0.25, -0.2) is 23.2 Å². The zero-order valence-corrected chi connectivity index (χ0v) is 14.0. The van der Waals surface area contributed by atoms with Crippen LogP contribution in [-0.2, 0) is 14.6 Å². The Kier molecular flexibility index (Phi) is 6.73. The summed E-state index contributed by atoms with van der Waals surface area (Å²) in [6, 6.07) is 1.57. The summed E-state index contributed by atoms with van der Waals surface area (Å²) in [4.78, 5) is 18.9. The van der Waals surface area contributed by atoms with Gasteiger partial charge in [-0.2, -0.15) is 0 Å². The fourth-order valence-corrected chi connectivity index (χ4v) is 2.85. The van der Waals surface area contributed by atoms with Crippen molar-refractivity contribution in [3.05, 3.63) is 18.5 Å². The molecule has 0 atom stereocenters. The molecule has 7 nitrogen and oxygen atoms in total. The molecule has 1 N–H and O–H groups in total. The number of aromatic nitrogens is 2. The van der Waals surface area contributed by atoms with Gasteiger partial charge in [0.05, 0.1) is 5.75 Å². The molecule has 0 aromatic carbocycles. The molecule has 22 heavy (non-hydrogen) atoms. The SMILES string of the molecule is CC(C)(C)OC(=O)NCCCCCS(=O)(=O)c1ncccn1. The van der Waals surface area contributed by atoms with Crippen molar-refractivity contribution in [3.63, 3.8) is 0 Å². The largest absolute Gasteiger partial charge is 0.444 e. The molecule has 8 heteroatoms. The number of rotatable bonds is 7. The smallest absolute Gasteiger partial charge is 0.407 e. The Labute approximate surface area is 131 Å². The van der Waals surface area contributed by atoms with Crippen LogP contribution in [0.15, 0.2) is 23.6 Å². The third-order valence-corrected chi connectivity index (χ3v) is 4.17. The predicted molar refractivity (Wildman–Crippen MR) is 82.2 cm³/mol. The molecule has 1 amide bonds. The molecule has 124 valence electrons. The van der Waals surface area contributed by atoms with Gasteiger partial charge >= 0.3 is 6.09 Å². The van der Waals surface area contributed by atoms with Gasteiger partial charge in [-0.3, -0.25) is 0 Å². The lowest BCUT2D eigenvalue weighted by Crippen LogP contribution is -2.33. The molecular formula is C14H23N3O4S. The van der Waals surface area contributed by atoms with Crippen LogP contribution in [0.5, 0.6) is 0 Å². The number of unbranched alkanes of at least 4 members (excludes halogenated alkanes) is 2. The number of carbonyl (C=O) groups is 1. The summed E-state index contributed by atoms with van der Waals surface area (Å²) in [5.41, 5.74) is -0.520. The summed E-state index contributed by atoms with van der Waals surface area (Å²) in [5.74, 6) is 0.00342. The van der Waals surface area contributed by atoms with Crippen molar-refractivity contribution in [2.75, 3.05) is 12.3 Å². The second kappa shape index (κ2) is 8.07. The predicted octanol–water partition coefficient (Wildman–Crippen LogP) is 1.95. The van der Waals surface area contributed by atoms with Gasteiger partial charge in [0, 0.05) is 18.9 Å². The zero-order chi connectivity index (χ0) is 16.6. The Morgan fingerprint density at radius 2 is 1.82 bits per heavy atom. The fourth-order valence-electron chi connectivity index (χ4n) is 1.64. The van der Waals surface area contributed by atoms with Crippen molar-refractivity contribution in [3.8, 4) is 0 Å². The minimum atomic E-state index is -3.42. The number of carbonyl (C=O) groups excluding carboxylic acids is 1. The average molecular weight is 329 g/mol. The first kappa shape index (κ1) is 18.3. The topological polar surface area (TPSA) is 98.2 Å². The number of hydrogen-bond acceptors (Lipinski definition) is 6. The lowest BCUT2D eigenvalue weighted by atomic mass is 10.2. The molecule has 0 unspecified atom stereocenters. The Morgan fingerprint density at radius 1 is 1.18 bits per heavy atom. The van der Waals surface area contributed by atoms with Crippen LogP contribution in [0.3, 0.4) is 0 Å². The zero-order valence-electron chi connectivity index (χ0n) is 13.2. The van der Waals surface area contributed by atoms with Crippen molar-refractivity contribution in [1.82, 2.24) is 15.3 Å². The number of hydrogen-bond donors (Lipinski definition) is 1. The van der Waals surface area contributed by atoms with Crippen molar-refractivity contribution >= 4 is 15.9 Å². The summed E-state index contributed by atoms with van der Waals surface area (Å²) >= 11 is 0. The van der Waals surface area contributed by atoms with E-state index in [9.17, 15) is 13.2 Å². The Balaban J connectivity index is 2.20. The quantitative estimate of drug-likeness (QED) is 0.606. The minimum Gasteiger partial charge on any atom is -0.444 e. The van der Waals surface area contributed by atoms with Gasteiger partial charge in [0.1, 0.15) is 5.60 Å². The number of alkyl carbamates (subject to hydrolysis) is 1.